The van der Waals surface area contributed by atoms with Crippen molar-refractivity contribution in [3.05, 3.63) is 53.7 Å². The largest absolute Gasteiger partial charge is 0.468 e. The van der Waals surface area contributed by atoms with Crippen molar-refractivity contribution in [2.75, 3.05) is 13.1 Å². The Morgan fingerprint density at radius 2 is 2.14 bits per heavy atom. The van der Waals surface area contributed by atoms with E-state index in [4.69, 9.17) is 4.42 Å². The van der Waals surface area contributed by atoms with Gasteiger partial charge in [-0.25, -0.2) is 0 Å². The highest BCUT2D eigenvalue weighted by Gasteiger charge is 2.13. The molecule has 21 heavy (non-hydrogen) atoms. The molecule has 4 heteroatoms. The molecule has 2 aromatic heterocycles. The number of nitrogens with zero attached hydrogens (tertiary/aromatic N) is 2. The number of pyridine rings is 1. The van der Waals surface area contributed by atoms with E-state index in [9.17, 15) is 0 Å². The molecule has 0 radical (unpaired) electrons. The summed E-state index contributed by atoms with van der Waals surface area (Å²) in [6.45, 7) is 10.1. The molecule has 0 aliphatic rings. The molecular formula is C17H25N3O. The minimum Gasteiger partial charge on any atom is -0.468 e. The fourth-order valence-electron chi connectivity index (χ4n) is 2.42. The van der Waals surface area contributed by atoms with E-state index in [-0.39, 0.29) is 0 Å². The lowest BCUT2D eigenvalue weighted by Gasteiger charge is -2.27. The Morgan fingerprint density at radius 3 is 2.81 bits per heavy atom. The van der Waals surface area contributed by atoms with E-state index in [2.05, 4.69) is 41.2 Å². The zero-order valence-corrected chi connectivity index (χ0v) is 13.2. The Hall–Kier alpha value is -1.65. The van der Waals surface area contributed by atoms with E-state index in [0.29, 0.717) is 6.04 Å². The number of likely N-dealkylation sites (N-methyl/N-ethyl adjacent to an activating group) is 1. The van der Waals surface area contributed by atoms with Gasteiger partial charge in [0.05, 0.1) is 18.5 Å². The predicted octanol–water partition coefficient (Wildman–Crippen LogP) is 2.98. The van der Waals surface area contributed by atoms with Gasteiger partial charge in [0.25, 0.3) is 0 Å². The van der Waals surface area contributed by atoms with E-state index >= 15 is 0 Å². The molecule has 0 aliphatic carbocycles. The second kappa shape index (κ2) is 7.96. The number of nitrogens with one attached hydrogen (secondary N) is 1. The summed E-state index contributed by atoms with van der Waals surface area (Å²) in [5.74, 6) is 0.977. The van der Waals surface area contributed by atoms with Crippen LogP contribution in [0.5, 0.6) is 0 Å². The third kappa shape index (κ3) is 4.99. The van der Waals surface area contributed by atoms with Crippen LogP contribution in [0.15, 0.2) is 41.0 Å². The van der Waals surface area contributed by atoms with Gasteiger partial charge < -0.3 is 9.73 Å². The van der Waals surface area contributed by atoms with Crippen molar-refractivity contribution in [1.82, 2.24) is 15.2 Å². The molecule has 2 aromatic rings. The highest BCUT2D eigenvalue weighted by atomic mass is 16.3. The van der Waals surface area contributed by atoms with Crippen LogP contribution < -0.4 is 5.32 Å². The van der Waals surface area contributed by atoms with E-state index in [1.165, 1.54) is 0 Å². The van der Waals surface area contributed by atoms with Crippen LogP contribution in [0.2, 0.25) is 0 Å². The van der Waals surface area contributed by atoms with Gasteiger partial charge in [-0.2, -0.15) is 0 Å². The summed E-state index contributed by atoms with van der Waals surface area (Å²) in [7, 11) is 0. The number of aryl methyl sites for hydroxylation is 1. The summed E-state index contributed by atoms with van der Waals surface area (Å²) in [5, 5.41) is 3.44. The lowest BCUT2D eigenvalue weighted by molar-refractivity contribution is 0.202. The van der Waals surface area contributed by atoms with Crippen molar-refractivity contribution in [1.29, 1.82) is 0 Å². The number of aromatic nitrogens is 1. The number of furan rings is 1. The first-order valence-corrected chi connectivity index (χ1v) is 7.58. The molecule has 0 aliphatic heterocycles. The van der Waals surface area contributed by atoms with Gasteiger partial charge in [0.15, 0.2) is 0 Å². The SMILES string of the molecule is CCN(Cc1cccc(C)n1)C(C)CNCc1ccco1. The zero-order chi connectivity index (χ0) is 15.1. The molecule has 2 rings (SSSR count). The van der Waals surface area contributed by atoms with Gasteiger partial charge in [0.1, 0.15) is 5.76 Å². The molecule has 0 fully saturated rings. The lowest BCUT2D eigenvalue weighted by atomic mass is 10.2. The minimum atomic E-state index is 0.451. The first kappa shape index (κ1) is 15.7. The van der Waals surface area contributed by atoms with Gasteiger partial charge in [-0.1, -0.05) is 13.0 Å². The Labute approximate surface area is 127 Å². The fraction of sp³-hybridized carbons (Fsp3) is 0.471. The average molecular weight is 287 g/mol. The van der Waals surface area contributed by atoms with Crippen molar-refractivity contribution in [2.45, 2.75) is 39.9 Å². The third-order valence-corrected chi connectivity index (χ3v) is 3.66. The van der Waals surface area contributed by atoms with Crippen LogP contribution in [0.4, 0.5) is 0 Å². The monoisotopic (exact) mass is 287 g/mol. The quantitative estimate of drug-likeness (QED) is 0.810. The average Bonchev–Trinajstić information content (AvgIpc) is 2.98. The molecule has 0 saturated heterocycles. The van der Waals surface area contributed by atoms with Crippen molar-refractivity contribution in [2.24, 2.45) is 0 Å². The Bertz CT molecular complexity index is 525. The second-order valence-corrected chi connectivity index (χ2v) is 5.39. The van der Waals surface area contributed by atoms with Crippen LogP contribution >= 0.6 is 0 Å². The Morgan fingerprint density at radius 1 is 1.29 bits per heavy atom. The van der Waals surface area contributed by atoms with E-state index in [1.54, 1.807) is 6.26 Å². The summed E-state index contributed by atoms with van der Waals surface area (Å²) in [6, 6.07) is 10.6. The van der Waals surface area contributed by atoms with Crippen LogP contribution in [-0.2, 0) is 13.1 Å². The van der Waals surface area contributed by atoms with Crippen LogP contribution in [0, 0.1) is 6.92 Å². The number of rotatable bonds is 8. The molecule has 0 spiro atoms. The molecule has 0 saturated carbocycles. The summed E-state index contributed by atoms with van der Waals surface area (Å²) in [6.07, 6.45) is 1.71. The van der Waals surface area contributed by atoms with E-state index < -0.39 is 0 Å². The normalized spacial score (nSPS) is 12.8. The van der Waals surface area contributed by atoms with Gasteiger partial charge in [-0.05, 0) is 44.7 Å². The van der Waals surface area contributed by atoms with Gasteiger partial charge in [0.2, 0.25) is 0 Å². The van der Waals surface area contributed by atoms with Gasteiger partial charge in [-0.15, -0.1) is 0 Å². The van der Waals surface area contributed by atoms with Crippen LogP contribution in [0.3, 0.4) is 0 Å². The molecular weight excluding hydrogens is 262 g/mol. The Kier molecular flexibility index (Phi) is 5.96. The summed E-state index contributed by atoms with van der Waals surface area (Å²) in [5.41, 5.74) is 2.21. The second-order valence-electron chi connectivity index (χ2n) is 5.39. The maximum atomic E-state index is 5.32. The lowest BCUT2D eigenvalue weighted by Crippen LogP contribution is -2.39. The van der Waals surface area contributed by atoms with Crippen molar-refractivity contribution < 1.29 is 4.42 Å². The molecule has 114 valence electrons. The smallest absolute Gasteiger partial charge is 0.117 e. The van der Waals surface area contributed by atoms with Crippen LogP contribution in [0.25, 0.3) is 0 Å². The topological polar surface area (TPSA) is 41.3 Å². The maximum absolute atomic E-state index is 5.32. The van der Waals surface area contributed by atoms with Crippen LogP contribution in [0.1, 0.15) is 31.0 Å². The first-order chi connectivity index (χ1) is 10.2. The van der Waals surface area contributed by atoms with Gasteiger partial charge in [-0.3, -0.25) is 9.88 Å². The number of hydrogen-bond acceptors (Lipinski definition) is 4. The number of hydrogen-bond donors (Lipinski definition) is 1. The molecule has 1 atom stereocenters. The zero-order valence-electron chi connectivity index (χ0n) is 13.2. The van der Waals surface area contributed by atoms with E-state index in [0.717, 1.165) is 43.3 Å². The molecule has 0 amide bonds. The molecule has 0 aromatic carbocycles. The molecule has 4 nitrogen and oxygen atoms in total. The van der Waals surface area contributed by atoms with Crippen molar-refractivity contribution in [3.8, 4) is 0 Å². The first-order valence-electron chi connectivity index (χ1n) is 7.58. The van der Waals surface area contributed by atoms with Crippen LogP contribution in [-0.4, -0.2) is 29.0 Å². The molecule has 0 bridgehead atoms. The highest BCUT2D eigenvalue weighted by Crippen LogP contribution is 2.07. The highest BCUT2D eigenvalue weighted by molar-refractivity contribution is 5.10. The van der Waals surface area contributed by atoms with Gasteiger partial charge >= 0.3 is 0 Å². The summed E-state index contributed by atoms with van der Waals surface area (Å²) in [4.78, 5) is 7.01. The summed E-state index contributed by atoms with van der Waals surface area (Å²) >= 11 is 0. The molecule has 1 unspecified atom stereocenters. The van der Waals surface area contributed by atoms with E-state index in [1.807, 2.05) is 25.1 Å². The third-order valence-electron chi connectivity index (χ3n) is 3.66. The molecule has 1 N–H and O–H groups in total. The predicted molar refractivity (Wildman–Crippen MR) is 84.9 cm³/mol. The Balaban J connectivity index is 1.82. The molecule has 2 heterocycles. The minimum absolute atomic E-state index is 0.451. The maximum Gasteiger partial charge on any atom is 0.117 e. The van der Waals surface area contributed by atoms with Crippen molar-refractivity contribution >= 4 is 0 Å². The van der Waals surface area contributed by atoms with Crippen molar-refractivity contribution in [3.63, 3.8) is 0 Å². The summed E-state index contributed by atoms with van der Waals surface area (Å²) < 4.78 is 5.32. The fourth-order valence-corrected chi connectivity index (χ4v) is 2.42. The van der Waals surface area contributed by atoms with Gasteiger partial charge in [0, 0.05) is 24.8 Å². The standard InChI is InChI=1S/C17H25N3O/c1-4-20(13-16-8-5-7-14(2)19-16)15(3)11-18-12-17-9-6-10-21-17/h5-10,15,18H,4,11-13H2,1-3H3.